The van der Waals surface area contributed by atoms with Gasteiger partial charge in [0.05, 0.1) is 0 Å². The van der Waals surface area contributed by atoms with Gasteiger partial charge in [-0.1, -0.05) is 46.3 Å². The summed E-state index contributed by atoms with van der Waals surface area (Å²) in [5.41, 5.74) is 3.95. The maximum Gasteiger partial charge on any atom is 0.195 e. The number of thioether (sulfide) groups is 1. The minimum absolute atomic E-state index is 0.170. The van der Waals surface area contributed by atoms with Crippen molar-refractivity contribution in [1.29, 1.82) is 0 Å². The van der Waals surface area contributed by atoms with Gasteiger partial charge in [0.2, 0.25) is 0 Å². The van der Waals surface area contributed by atoms with Gasteiger partial charge in [0, 0.05) is 20.5 Å². The summed E-state index contributed by atoms with van der Waals surface area (Å²) in [5, 5.41) is 0. The zero-order valence-corrected chi connectivity index (χ0v) is 12.7. The molecule has 0 bridgehead atoms. The Kier molecular flexibility index (Phi) is 3.33. The molecule has 0 saturated carbocycles. The fourth-order valence-electron chi connectivity index (χ4n) is 2.17. The first-order chi connectivity index (χ1) is 9.22. The Morgan fingerprint density at radius 1 is 0.947 bits per heavy atom. The minimum atomic E-state index is 0.170. The Morgan fingerprint density at radius 2 is 1.63 bits per heavy atom. The molecule has 0 aliphatic rings. The second-order valence-electron chi connectivity index (χ2n) is 4.29. The second kappa shape index (κ2) is 4.99. The summed E-state index contributed by atoms with van der Waals surface area (Å²) >= 11 is 5.08. The van der Waals surface area contributed by atoms with E-state index in [1.54, 1.807) is 11.8 Å². The normalized spacial score (nSPS) is 11.1. The molecule has 94 valence electrons. The lowest BCUT2D eigenvalue weighted by molar-refractivity contribution is 1.47. The Balaban J connectivity index is 2.06. The minimum Gasteiger partial charge on any atom is -0.289 e. The molecule has 0 saturated heterocycles. The quantitative estimate of drug-likeness (QED) is 0.645. The summed E-state index contributed by atoms with van der Waals surface area (Å²) in [4.78, 5) is 13.2. The number of rotatable bonds is 3. The van der Waals surface area contributed by atoms with Gasteiger partial charge in [-0.15, -0.1) is 11.8 Å². The average molecular weight is 331 g/mol. The number of hydrogen-bond acceptors (Lipinski definition) is 2. The van der Waals surface area contributed by atoms with E-state index >= 15 is 0 Å². The lowest BCUT2D eigenvalue weighted by Gasteiger charge is -2.01. The van der Waals surface area contributed by atoms with Crippen LogP contribution in [0, 0.1) is 0 Å². The third-order valence-corrected chi connectivity index (χ3v) is 4.48. The highest BCUT2D eigenvalue weighted by Crippen LogP contribution is 2.39. The molecule has 19 heavy (non-hydrogen) atoms. The van der Waals surface area contributed by atoms with Crippen LogP contribution in [0.5, 0.6) is 0 Å². The van der Waals surface area contributed by atoms with E-state index in [1.807, 2.05) is 48.7 Å². The van der Waals surface area contributed by atoms with E-state index < -0.39 is 0 Å². The maximum atomic E-state index is 12.1. The molecular weight excluding hydrogens is 320 g/mol. The molecule has 0 aliphatic heterocycles. The van der Waals surface area contributed by atoms with Crippen LogP contribution in [-0.4, -0.2) is 6.26 Å². The van der Waals surface area contributed by atoms with Crippen LogP contribution in [0.15, 0.2) is 62.7 Å². The Morgan fingerprint density at radius 3 is 2.32 bits per heavy atom. The lowest BCUT2D eigenvalue weighted by Crippen LogP contribution is -1.80. The van der Waals surface area contributed by atoms with Gasteiger partial charge in [0.15, 0.2) is 5.43 Å². The number of hydrogen-bond donors (Lipinski definition) is 0. The van der Waals surface area contributed by atoms with Gasteiger partial charge in [-0.25, -0.2) is 0 Å². The van der Waals surface area contributed by atoms with Gasteiger partial charge in [-0.2, -0.15) is 0 Å². The number of benzene rings is 2. The van der Waals surface area contributed by atoms with Crippen molar-refractivity contribution in [3.63, 3.8) is 0 Å². The molecule has 0 aliphatic carbocycles. The SMILES string of the molecule is CSc1ccccc1-c1c(-c2ccc(Br)cc2)c1=O. The van der Waals surface area contributed by atoms with Crippen molar-refractivity contribution in [2.45, 2.75) is 4.90 Å². The van der Waals surface area contributed by atoms with Gasteiger partial charge >= 0.3 is 0 Å². The molecule has 0 heterocycles. The predicted molar refractivity (Wildman–Crippen MR) is 85.4 cm³/mol. The second-order valence-corrected chi connectivity index (χ2v) is 6.05. The molecule has 0 radical (unpaired) electrons. The van der Waals surface area contributed by atoms with E-state index in [1.165, 1.54) is 0 Å². The van der Waals surface area contributed by atoms with E-state index in [2.05, 4.69) is 22.0 Å². The van der Waals surface area contributed by atoms with Crippen LogP contribution in [-0.2, 0) is 0 Å². The van der Waals surface area contributed by atoms with Crippen molar-refractivity contribution in [3.05, 3.63) is 63.2 Å². The first-order valence-corrected chi connectivity index (χ1v) is 7.92. The molecule has 0 amide bonds. The Hall–Kier alpha value is -1.32. The molecule has 3 heteroatoms. The van der Waals surface area contributed by atoms with Crippen LogP contribution < -0.4 is 5.43 Å². The topological polar surface area (TPSA) is 17.1 Å². The summed E-state index contributed by atoms with van der Waals surface area (Å²) in [6, 6.07) is 15.9. The Labute approximate surface area is 124 Å². The third kappa shape index (κ3) is 2.28. The molecule has 3 aromatic rings. The summed E-state index contributed by atoms with van der Waals surface area (Å²) in [6.45, 7) is 0. The Bertz CT molecular complexity index is 736. The van der Waals surface area contributed by atoms with Crippen molar-refractivity contribution in [2.24, 2.45) is 0 Å². The predicted octanol–water partition coefficient (Wildman–Crippen LogP) is 4.74. The third-order valence-electron chi connectivity index (χ3n) is 3.15. The van der Waals surface area contributed by atoms with E-state index in [-0.39, 0.29) is 5.43 Å². The zero-order valence-electron chi connectivity index (χ0n) is 10.3. The molecule has 3 rings (SSSR count). The molecule has 1 nitrogen and oxygen atoms in total. The standard InChI is InChI=1S/C16H11BrOS/c1-19-13-5-3-2-4-12(13)15-14(16(15)18)10-6-8-11(17)9-7-10/h2-9H,1H3. The fourth-order valence-corrected chi connectivity index (χ4v) is 3.04. The van der Waals surface area contributed by atoms with Gasteiger partial charge < -0.3 is 0 Å². The van der Waals surface area contributed by atoms with E-state index in [9.17, 15) is 4.79 Å². The molecule has 0 spiro atoms. The van der Waals surface area contributed by atoms with Crippen molar-refractivity contribution >= 4 is 27.7 Å². The van der Waals surface area contributed by atoms with E-state index in [0.29, 0.717) is 0 Å². The average Bonchev–Trinajstić information content (AvgIpc) is 3.11. The van der Waals surface area contributed by atoms with Crippen LogP contribution in [0.25, 0.3) is 22.3 Å². The van der Waals surface area contributed by atoms with Crippen LogP contribution in [0.2, 0.25) is 0 Å². The van der Waals surface area contributed by atoms with Gasteiger partial charge in [0.25, 0.3) is 0 Å². The summed E-state index contributed by atoms with van der Waals surface area (Å²) in [6.07, 6.45) is 2.03. The van der Waals surface area contributed by atoms with Gasteiger partial charge in [0.1, 0.15) is 0 Å². The van der Waals surface area contributed by atoms with Crippen molar-refractivity contribution in [2.75, 3.05) is 6.26 Å². The maximum absolute atomic E-state index is 12.1. The molecule has 3 aromatic carbocycles. The molecule has 0 unspecified atom stereocenters. The van der Waals surface area contributed by atoms with Gasteiger partial charge in [-0.05, 0) is 35.6 Å². The highest BCUT2D eigenvalue weighted by Gasteiger charge is 2.26. The van der Waals surface area contributed by atoms with Crippen LogP contribution in [0.4, 0.5) is 0 Å². The zero-order chi connectivity index (χ0) is 13.4. The summed E-state index contributed by atoms with van der Waals surface area (Å²) < 4.78 is 1.02. The highest BCUT2D eigenvalue weighted by atomic mass is 79.9. The highest BCUT2D eigenvalue weighted by molar-refractivity contribution is 9.10. The van der Waals surface area contributed by atoms with E-state index in [0.717, 1.165) is 31.6 Å². The van der Waals surface area contributed by atoms with Crippen LogP contribution in [0.3, 0.4) is 0 Å². The largest absolute Gasteiger partial charge is 0.289 e. The van der Waals surface area contributed by atoms with E-state index in [4.69, 9.17) is 0 Å². The molecule has 0 atom stereocenters. The summed E-state index contributed by atoms with van der Waals surface area (Å²) in [7, 11) is 0. The van der Waals surface area contributed by atoms with Gasteiger partial charge in [-0.3, -0.25) is 4.79 Å². The van der Waals surface area contributed by atoms with Crippen molar-refractivity contribution in [1.82, 2.24) is 0 Å². The monoisotopic (exact) mass is 330 g/mol. The lowest BCUT2D eigenvalue weighted by atomic mass is 10.1. The molecule has 0 aromatic heterocycles. The van der Waals surface area contributed by atoms with Crippen LogP contribution >= 0.6 is 27.7 Å². The van der Waals surface area contributed by atoms with Crippen molar-refractivity contribution < 1.29 is 0 Å². The smallest absolute Gasteiger partial charge is 0.195 e. The first kappa shape index (κ1) is 12.7. The first-order valence-electron chi connectivity index (χ1n) is 5.90. The molecule has 0 fully saturated rings. The van der Waals surface area contributed by atoms with Crippen LogP contribution in [0.1, 0.15) is 0 Å². The molecular formula is C16H11BrOS. The van der Waals surface area contributed by atoms with Crippen molar-refractivity contribution in [3.8, 4) is 22.3 Å². The molecule has 0 N–H and O–H groups in total. The summed E-state index contributed by atoms with van der Waals surface area (Å²) in [5.74, 6) is 0. The fraction of sp³-hybridized carbons (Fsp3) is 0.0625. The number of halogens is 1.